The van der Waals surface area contributed by atoms with Gasteiger partial charge in [-0.2, -0.15) is 0 Å². The van der Waals surface area contributed by atoms with Crippen LogP contribution in [0, 0.1) is 0 Å². The van der Waals surface area contributed by atoms with Crippen molar-refractivity contribution < 1.29 is 14.3 Å². The molecule has 3 N–H and O–H groups in total. The van der Waals surface area contributed by atoms with E-state index in [1.54, 1.807) is 7.11 Å². The molecular formula is C28H30N2O3. The van der Waals surface area contributed by atoms with E-state index in [4.69, 9.17) is 15.2 Å². The average Bonchev–Trinajstić information content (AvgIpc) is 2.82. The lowest BCUT2D eigenvalue weighted by molar-refractivity contribution is -0.116. The van der Waals surface area contributed by atoms with E-state index in [9.17, 15) is 4.79 Å². The fraction of sp³-hybridized carbons (Fsp3) is 0.250. The Kier molecular flexibility index (Phi) is 6.40. The van der Waals surface area contributed by atoms with Gasteiger partial charge in [0.15, 0.2) is 5.78 Å². The van der Waals surface area contributed by atoms with Crippen molar-refractivity contribution in [3.05, 3.63) is 107 Å². The highest BCUT2D eigenvalue weighted by Crippen LogP contribution is 2.42. The molecule has 0 unspecified atom stereocenters. The number of rotatable bonds is 7. The van der Waals surface area contributed by atoms with E-state index >= 15 is 0 Å². The molecule has 5 nitrogen and oxygen atoms in total. The fourth-order valence-corrected chi connectivity index (χ4v) is 4.55. The maximum atomic E-state index is 13.1. The molecule has 2 aliphatic rings. The van der Waals surface area contributed by atoms with Gasteiger partial charge < -0.3 is 20.5 Å². The molecule has 1 aliphatic carbocycles. The molecule has 1 heterocycles. The standard InChI is InChI=1S/C28H30N2O3/c1-17(29)21-9-7-8-20(12-21)16-33-19(3)24-15-25-26(30-18(24)2)13-22(14-27(25)31)23-10-5-6-11-28(23)32-4/h5-12,22,30H,1,3,13-16,29H2,2,4H3/t22-/m1/s1. The van der Waals surface area contributed by atoms with Crippen molar-refractivity contribution in [3.8, 4) is 5.75 Å². The Morgan fingerprint density at radius 3 is 2.70 bits per heavy atom. The molecule has 170 valence electrons. The third-order valence-electron chi connectivity index (χ3n) is 6.35. The van der Waals surface area contributed by atoms with Crippen LogP contribution in [0.2, 0.25) is 0 Å². The lowest BCUT2D eigenvalue weighted by Crippen LogP contribution is -2.30. The summed E-state index contributed by atoms with van der Waals surface area (Å²) in [4.78, 5) is 13.1. The van der Waals surface area contributed by atoms with Crippen molar-refractivity contribution >= 4 is 11.5 Å². The molecule has 0 saturated carbocycles. The highest BCUT2D eigenvalue weighted by Gasteiger charge is 2.33. The van der Waals surface area contributed by atoms with Gasteiger partial charge >= 0.3 is 0 Å². The van der Waals surface area contributed by atoms with Gasteiger partial charge in [0.2, 0.25) is 0 Å². The molecule has 0 amide bonds. The number of methoxy groups -OCH3 is 1. The topological polar surface area (TPSA) is 73.6 Å². The third kappa shape index (κ3) is 4.72. The first-order valence-corrected chi connectivity index (χ1v) is 11.1. The van der Waals surface area contributed by atoms with Crippen LogP contribution < -0.4 is 15.8 Å². The van der Waals surface area contributed by atoms with E-state index in [1.165, 1.54) is 0 Å². The van der Waals surface area contributed by atoms with Crippen molar-refractivity contribution in [2.24, 2.45) is 5.73 Å². The number of hydrogen-bond donors (Lipinski definition) is 2. The normalized spacial score (nSPS) is 17.9. The van der Waals surface area contributed by atoms with Crippen LogP contribution in [0.4, 0.5) is 0 Å². The van der Waals surface area contributed by atoms with Crippen LogP contribution in [-0.2, 0) is 16.1 Å². The number of benzene rings is 2. The van der Waals surface area contributed by atoms with Crippen LogP contribution in [0.1, 0.15) is 48.8 Å². The molecule has 2 aromatic carbocycles. The zero-order valence-electron chi connectivity index (χ0n) is 19.2. The number of nitrogens with one attached hydrogen (secondary N) is 1. The Balaban J connectivity index is 1.46. The molecule has 0 fully saturated rings. The van der Waals surface area contributed by atoms with Gasteiger partial charge in [-0.3, -0.25) is 4.79 Å². The number of para-hydroxylation sites is 1. The SMILES string of the molecule is C=C(OCc1cccc(C(=C)N)c1)C1=C(C)NC2=C(C1)C(=O)C[C@H](c1ccccc1OC)C2. The lowest BCUT2D eigenvalue weighted by Gasteiger charge is -2.33. The average molecular weight is 443 g/mol. The molecule has 0 bridgehead atoms. The minimum atomic E-state index is 0.0956. The van der Waals surface area contributed by atoms with E-state index in [0.717, 1.165) is 51.4 Å². The van der Waals surface area contributed by atoms with Gasteiger partial charge in [0.05, 0.1) is 7.11 Å². The van der Waals surface area contributed by atoms with Crippen molar-refractivity contribution in [1.29, 1.82) is 0 Å². The highest BCUT2D eigenvalue weighted by atomic mass is 16.5. The minimum Gasteiger partial charge on any atom is -0.496 e. The molecule has 2 aromatic rings. The predicted octanol–water partition coefficient (Wildman–Crippen LogP) is 5.32. The van der Waals surface area contributed by atoms with Gasteiger partial charge in [-0.1, -0.05) is 49.6 Å². The Hall–Kier alpha value is -3.73. The maximum absolute atomic E-state index is 13.1. The van der Waals surface area contributed by atoms with Crippen molar-refractivity contribution in [3.63, 3.8) is 0 Å². The van der Waals surface area contributed by atoms with Gasteiger partial charge in [0.25, 0.3) is 0 Å². The van der Waals surface area contributed by atoms with E-state index in [1.807, 2.05) is 55.5 Å². The summed E-state index contributed by atoms with van der Waals surface area (Å²) in [6.45, 7) is 10.3. The highest BCUT2D eigenvalue weighted by molar-refractivity contribution is 5.98. The molecule has 0 spiro atoms. The van der Waals surface area contributed by atoms with Crippen LogP contribution in [0.3, 0.4) is 0 Å². The number of carbonyl (C=O) groups excluding carboxylic acids is 1. The molecule has 0 aromatic heterocycles. The number of allylic oxidation sites excluding steroid dienone is 4. The molecule has 5 heteroatoms. The summed E-state index contributed by atoms with van der Waals surface area (Å²) in [6.07, 6.45) is 1.77. The van der Waals surface area contributed by atoms with Gasteiger partial charge in [0, 0.05) is 47.0 Å². The van der Waals surface area contributed by atoms with Crippen molar-refractivity contribution in [1.82, 2.24) is 5.32 Å². The van der Waals surface area contributed by atoms with E-state index in [2.05, 4.69) is 18.5 Å². The molecule has 0 radical (unpaired) electrons. The van der Waals surface area contributed by atoms with Crippen LogP contribution >= 0.6 is 0 Å². The summed E-state index contributed by atoms with van der Waals surface area (Å²) in [5.41, 5.74) is 13.0. The molecule has 1 aliphatic heterocycles. The lowest BCUT2D eigenvalue weighted by atomic mass is 9.78. The number of ether oxygens (including phenoxy) is 2. The summed E-state index contributed by atoms with van der Waals surface area (Å²) in [5.74, 6) is 1.65. The van der Waals surface area contributed by atoms with Crippen LogP contribution in [0.25, 0.3) is 5.70 Å². The third-order valence-corrected chi connectivity index (χ3v) is 6.35. The molecule has 33 heavy (non-hydrogen) atoms. The van der Waals surface area contributed by atoms with Crippen LogP contribution in [0.5, 0.6) is 5.75 Å². The quantitative estimate of drug-likeness (QED) is 0.568. The number of nitrogens with two attached hydrogens (primary N) is 1. The summed E-state index contributed by atoms with van der Waals surface area (Å²) < 4.78 is 11.5. The maximum Gasteiger partial charge on any atom is 0.161 e. The Bertz CT molecular complexity index is 1190. The largest absolute Gasteiger partial charge is 0.496 e. The molecule has 4 rings (SSSR count). The number of Topliss-reactive ketones (excluding diaryl/α,β-unsaturated/α-hetero) is 1. The summed E-state index contributed by atoms with van der Waals surface area (Å²) in [5, 5.41) is 3.47. The van der Waals surface area contributed by atoms with Gasteiger partial charge in [-0.25, -0.2) is 0 Å². The summed E-state index contributed by atoms with van der Waals surface area (Å²) in [7, 11) is 1.67. The van der Waals surface area contributed by atoms with Crippen LogP contribution in [-0.4, -0.2) is 12.9 Å². The van der Waals surface area contributed by atoms with Crippen LogP contribution in [0.15, 0.2) is 90.0 Å². The first-order chi connectivity index (χ1) is 15.9. The Labute approximate surface area is 195 Å². The fourth-order valence-electron chi connectivity index (χ4n) is 4.55. The van der Waals surface area contributed by atoms with E-state index < -0.39 is 0 Å². The van der Waals surface area contributed by atoms with E-state index in [0.29, 0.717) is 30.9 Å². The van der Waals surface area contributed by atoms with Gasteiger partial charge in [0.1, 0.15) is 18.1 Å². The second-order valence-electron chi connectivity index (χ2n) is 8.57. The first kappa shape index (κ1) is 22.5. The second kappa shape index (κ2) is 9.41. The smallest absolute Gasteiger partial charge is 0.161 e. The summed E-state index contributed by atoms with van der Waals surface area (Å²) in [6, 6.07) is 15.7. The number of hydrogen-bond acceptors (Lipinski definition) is 5. The first-order valence-electron chi connectivity index (χ1n) is 11.1. The predicted molar refractivity (Wildman–Crippen MR) is 131 cm³/mol. The number of ketones is 1. The van der Waals surface area contributed by atoms with E-state index in [-0.39, 0.29) is 11.7 Å². The zero-order chi connectivity index (χ0) is 23.5. The number of carbonyl (C=O) groups is 1. The van der Waals surface area contributed by atoms with Gasteiger partial charge in [-0.15, -0.1) is 0 Å². The van der Waals surface area contributed by atoms with Crippen molar-refractivity contribution in [2.75, 3.05) is 7.11 Å². The molecular weight excluding hydrogens is 412 g/mol. The molecule has 1 atom stereocenters. The summed E-state index contributed by atoms with van der Waals surface area (Å²) >= 11 is 0. The second-order valence-corrected chi connectivity index (χ2v) is 8.57. The van der Waals surface area contributed by atoms with Crippen molar-refractivity contribution in [2.45, 2.75) is 38.7 Å². The molecule has 0 saturated heterocycles. The Morgan fingerprint density at radius 2 is 1.94 bits per heavy atom. The Morgan fingerprint density at radius 1 is 1.15 bits per heavy atom. The number of dihydropyridines is 1. The van der Waals surface area contributed by atoms with Gasteiger partial charge in [-0.05, 0) is 42.2 Å². The monoisotopic (exact) mass is 442 g/mol. The minimum absolute atomic E-state index is 0.0956. The zero-order valence-corrected chi connectivity index (χ0v) is 19.2.